The summed E-state index contributed by atoms with van der Waals surface area (Å²) in [5.41, 5.74) is 5.72. The van der Waals surface area contributed by atoms with Gasteiger partial charge < -0.3 is 35.4 Å². The minimum absolute atomic E-state index is 0.0238. The minimum atomic E-state index is -1.11. The van der Waals surface area contributed by atoms with E-state index in [0.29, 0.717) is 80.0 Å². The smallest absolute Gasteiger partial charge is 0.407 e. The fraction of sp³-hybridized carbons (Fsp3) is 0.316. The molecule has 0 spiro atoms. The van der Waals surface area contributed by atoms with Crippen molar-refractivity contribution in [2.45, 2.75) is 44.5 Å². The zero-order valence-corrected chi connectivity index (χ0v) is 31.4. The van der Waals surface area contributed by atoms with Crippen molar-refractivity contribution in [3.05, 3.63) is 88.2 Å². The van der Waals surface area contributed by atoms with Crippen LogP contribution in [0.1, 0.15) is 30.5 Å². The Morgan fingerprint density at radius 3 is 2.30 bits per heavy atom. The van der Waals surface area contributed by atoms with Gasteiger partial charge in [-0.25, -0.2) is 19.3 Å². The highest BCUT2D eigenvalue weighted by Crippen LogP contribution is 2.42. The van der Waals surface area contributed by atoms with Crippen molar-refractivity contribution in [3.8, 4) is 39.5 Å². The monoisotopic (exact) mass is 774 g/mol. The van der Waals surface area contributed by atoms with Gasteiger partial charge in [0.2, 0.25) is 17.7 Å². The quantitative estimate of drug-likeness (QED) is 0.119. The summed E-state index contributed by atoms with van der Waals surface area (Å²) < 4.78 is 7.26. The fourth-order valence-electron chi connectivity index (χ4n) is 6.27. The maximum Gasteiger partial charge on any atom is 0.407 e. The molecule has 2 atom stereocenters. The van der Waals surface area contributed by atoms with E-state index in [9.17, 15) is 24.6 Å². The lowest BCUT2D eigenvalue weighted by Gasteiger charge is -2.23. The standard InChI is InChI=1S/C38H40Cl2N8O6/c1-46(2)34(51)16-25(49)18-41-17-24-21-48-32(42-24)14-13-31(45-48)29-9-5-7-27(36(29)40)26-6-4-8-28(35(26)39)30-12-10-22(37(44-30)54-3)19-47(38(52)53)20-23-11-15-33(50)43-23/h4-10,12-14,21,23,25,41,49H,11,15-20H2,1-3H3,(H,43,50)(H,52,53)/t23-,25?/m0/s1. The van der Waals surface area contributed by atoms with E-state index >= 15 is 0 Å². The molecule has 4 heterocycles. The summed E-state index contributed by atoms with van der Waals surface area (Å²) in [5, 5.41) is 31.6. The molecule has 1 aliphatic heterocycles. The van der Waals surface area contributed by atoms with E-state index in [1.54, 1.807) is 36.9 Å². The van der Waals surface area contributed by atoms with Gasteiger partial charge in [-0.3, -0.25) is 9.59 Å². The molecule has 0 radical (unpaired) electrons. The van der Waals surface area contributed by atoms with Gasteiger partial charge in [-0.2, -0.15) is 5.10 Å². The first-order valence-corrected chi connectivity index (χ1v) is 18.0. The lowest BCUT2D eigenvalue weighted by molar-refractivity contribution is -0.130. The zero-order valence-electron chi connectivity index (χ0n) is 29.9. The Bertz CT molecular complexity index is 2190. The molecule has 0 bridgehead atoms. The first-order chi connectivity index (χ1) is 25.9. The highest BCUT2D eigenvalue weighted by molar-refractivity contribution is 6.39. The molecule has 1 saturated heterocycles. The number of carbonyl (C=O) groups is 3. The Morgan fingerprint density at radius 2 is 1.67 bits per heavy atom. The van der Waals surface area contributed by atoms with E-state index in [2.05, 4.69) is 15.6 Å². The number of pyridine rings is 1. The number of methoxy groups -OCH3 is 1. The summed E-state index contributed by atoms with van der Waals surface area (Å²) >= 11 is 14.1. The molecule has 3 aromatic heterocycles. The van der Waals surface area contributed by atoms with Crippen molar-refractivity contribution in [1.82, 2.24) is 40.0 Å². The fourth-order valence-corrected chi connectivity index (χ4v) is 6.92. The van der Waals surface area contributed by atoms with Gasteiger partial charge in [0.05, 0.1) is 59.5 Å². The predicted molar refractivity (Wildman–Crippen MR) is 204 cm³/mol. The van der Waals surface area contributed by atoms with Gasteiger partial charge in [0.1, 0.15) is 0 Å². The van der Waals surface area contributed by atoms with Crippen LogP contribution in [0.15, 0.2) is 66.9 Å². The molecular formula is C38H40Cl2N8O6. The highest BCUT2D eigenvalue weighted by Gasteiger charge is 2.26. The third-order valence-corrected chi connectivity index (χ3v) is 9.91. The number of hydrogen-bond donors (Lipinski definition) is 4. The molecule has 1 fully saturated rings. The number of aliphatic hydroxyl groups excluding tert-OH is 1. The molecule has 14 nitrogen and oxygen atoms in total. The molecule has 1 aliphatic rings. The average molecular weight is 776 g/mol. The Morgan fingerprint density at radius 1 is 1.00 bits per heavy atom. The first kappa shape index (κ1) is 38.4. The van der Waals surface area contributed by atoms with E-state index in [0.717, 1.165) is 0 Å². The molecule has 16 heteroatoms. The molecule has 0 saturated carbocycles. The number of carboxylic acid groups (broad SMARTS) is 1. The SMILES string of the molecule is COc1nc(-c2cccc(-c3cccc(-c4ccc5nc(CNCC(O)CC(=O)N(C)C)cn5n4)c3Cl)c2Cl)ccc1CN(C[C@@H]1CCC(=O)N1)C(=O)O. The van der Waals surface area contributed by atoms with Gasteiger partial charge >= 0.3 is 6.09 Å². The zero-order chi connectivity index (χ0) is 38.5. The van der Waals surface area contributed by atoms with E-state index in [1.165, 1.54) is 16.9 Å². The van der Waals surface area contributed by atoms with Crippen LogP contribution in [-0.2, 0) is 22.7 Å². The lowest BCUT2D eigenvalue weighted by atomic mass is 9.98. The number of hydrogen-bond acceptors (Lipinski definition) is 9. The lowest BCUT2D eigenvalue weighted by Crippen LogP contribution is -2.41. The van der Waals surface area contributed by atoms with Crippen LogP contribution in [0.25, 0.3) is 39.3 Å². The van der Waals surface area contributed by atoms with Crippen molar-refractivity contribution in [2.24, 2.45) is 0 Å². The molecule has 5 aromatic rings. The van der Waals surface area contributed by atoms with Crippen LogP contribution in [-0.4, -0.2) is 104 Å². The second kappa shape index (κ2) is 16.8. The Kier molecular flexibility index (Phi) is 12.0. The Balaban J connectivity index is 1.21. The average Bonchev–Trinajstić information content (AvgIpc) is 3.76. The molecule has 4 N–H and O–H groups in total. The number of amides is 3. The van der Waals surface area contributed by atoms with Crippen molar-refractivity contribution < 1.29 is 29.3 Å². The summed E-state index contributed by atoms with van der Waals surface area (Å²) in [6, 6.07) is 18.2. The third kappa shape index (κ3) is 8.74. The number of ether oxygens (including phenoxy) is 1. The van der Waals surface area contributed by atoms with Gasteiger partial charge in [-0.1, -0.05) is 59.6 Å². The molecule has 0 aliphatic carbocycles. The number of aliphatic hydroxyl groups is 1. The summed E-state index contributed by atoms with van der Waals surface area (Å²) in [6.07, 6.45) is 0.851. The predicted octanol–water partition coefficient (Wildman–Crippen LogP) is 5.13. The first-order valence-electron chi connectivity index (χ1n) is 17.2. The largest absolute Gasteiger partial charge is 0.481 e. The molecule has 2 aromatic carbocycles. The maximum absolute atomic E-state index is 12.1. The third-order valence-electron chi connectivity index (χ3n) is 9.09. The van der Waals surface area contributed by atoms with E-state index < -0.39 is 12.2 Å². The summed E-state index contributed by atoms with van der Waals surface area (Å²) in [6.45, 7) is 0.790. The van der Waals surface area contributed by atoms with Crippen LogP contribution in [0.4, 0.5) is 4.79 Å². The molecule has 282 valence electrons. The second-order valence-electron chi connectivity index (χ2n) is 13.2. The normalized spacial score (nSPS) is 14.6. The highest BCUT2D eigenvalue weighted by atomic mass is 35.5. The van der Waals surface area contributed by atoms with Crippen molar-refractivity contribution in [3.63, 3.8) is 0 Å². The number of aromatic nitrogens is 4. The van der Waals surface area contributed by atoms with E-state index in [4.69, 9.17) is 38.0 Å². The number of carbonyl (C=O) groups excluding carboxylic acids is 2. The number of imidazole rings is 1. The van der Waals surface area contributed by atoms with Gasteiger partial charge in [-0.15, -0.1) is 0 Å². The number of benzene rings is 2. The summed E-state index contributed by atoms with van der Waals surface area (Å²) in [5.74, 6) is 0.0235. The number of nitrogens with zero attached hydrogens (tertiary/aromatic N) is 6. The van der Waals surface area contributed by atoms with Gasteiger partial charge in [0.25, 0.3) is 0 Å². The van der Waals surface area contributed by atoms with Gasteiger partial charge in [0.15, 0.2) is 5.65 Å². The van der Waals surface area contributed by atoms with Crippen LogP contribution in [0.5, 0.6) is 5.88 Å². The van der Waals surface area contributed by atoms with Crippen LogP contribution in [0.3, 0.4) is 0 Å². The topological polar surface area (TPSA) is 175 Å². The van der Waals surface area contributed by atoms with Crippen LogP contribution >= 0.6 is 23.2 Å². The number of halogens is 2. The van der Waals surface area contributed by atoms with Crippen molar-refractivity contribution in [2.75, 3.05) is 34.3 Å². The molecule has 6 rings (SSSR count). The molecular weight excluding hydrogens is 735 g/mol. The van der Waals surface area contributed by atoms with Gasteiger partial charge in [-0.05, 0) is 30.7 Å². The van der Waals surface area contributed by atoms with E-state index in [1.807, 2.05) is 48.5 Å². The number of nitrogens with one attached hydrogen (secondary N) is 2. The van der Waals surface area contributed by atoms with E-state index in [-0.39, 0.29) is 49.8 Å². The summed E-state index contributed by atoms with van der Waals surface area (Å²) in [4.78, 5) is 47.6. The summed E-state index contributed by atoms with van der Waals surface area (Å²) in [7, 11) is 4.77. The second-order valence-corrected chi connectivity index (χ2v) is 14.0. The number of fused-ring (bicyclic) bond motifs is 1. The molecule has 3 amide bonds. The molecule has 54 heavy (non-hydrogen) atoms. The van der Waals surface area contributed by atoms with Crippen LogP contribution in [0, 0.1) is 0 Å². The number of rotatable bonds is 14. The Hall–Kier alpha value is -5.28. The van der Waals surface area contributed by atoms with Crippen molar-refractivity contribution >= 4 is 46.8 Å². The van der Waals surface area contributed by atoms with Crippen LogP contribution < -0.4 is 15.4 Å². The molecule has 1 unspecified atom stereocenters. The van der Waals surface area contributed by atoms with Gasteiger partial charge in [0, 0.05) is 74.0 Å². The van der Waals surface area contributed by atoms with Crippen LogP contribution in [0.2, 0.25) is 10.0 Å². The maximum atomic E-state index is 12.1. The minimum Gasteiger partial charge on any atom is -0.481 e. The van der Waals surface area contributed by atoms with Crippen molar-refractivity contribution in [1.29, 1.82) is 0 Å². The Labute approximate surface area is 321 Å².